The Kier molecular flexibility index (Phi) is 7.13. The molecule has 6 heteroatoms. The van der Waals surface area contributed by atoms with Gasteiger partial charge in [-0.15, -0.1) is 0 Å². The predicted molar refractivity (Wildman–Crippen MR) is 79.9 cm³/mol. The summed E-state index contributed by atoms with van der Waals surface area (Å²) < 4.78 is 6.12. The highest BCUT2D eigenvalue weighted by Gasteiger charge is 2.03. The third-order valence-electron chi connectivity index (χ3n) is 2.04. The van der Waals surface area contributed by atoms with Gasteiger partial charge >= 0.3 is 0 Å². The van der Waals surface area contributed by atoms with Crippen molar-refractivity contribution >= 4 is 27.7 Å². The minimum atomic E-state index is -0.447. The lowest BCUT2D eigenvalue weighted by molar-refractivity contribution is -0.128. The molecule has 0 unspecified atom stereocenters. The van der Waals surface area contributed by atoms with E-state index in [1.54, 1.807) is 36.4 Å². The molecule has 20 heavy (non-hydrogen) atoms. The maximum atomic E-state index is 11.4. The van der Waals surface area contributed by atoms with Gasteiger partial charge in [-0.2, -0.15) is 0 Å². The second-order valence-electron chi connectivity index (χ2n) is 3.67. The zero-order valence-electron chi connectivity index (χ0n) is 10.9. The molecule has 0 aliphatic heterocycles. The molecule has 1 aromatic carbocycles. The van der Waals surface area contributed by atoms with Gasteiger partial charge in [0.1, 0.15) is 5.75 Å². The summed E-state index contributed by atoms with van der Waals surface area (Å²) in [6, 6.07) is 7.12. The van der Waals surface area contributed by atoms with Crippen molar-refractivity contribution in [1.82, 2.24) is 10.9 Å². The molecule has 5 nitrogen and oxygen atoms in total. The minimum absolute atomic E-state index is 0.185. The number of carbonyl (C=O) groups excluding carboxylic acids is 2. The van der Waals surface area contributed by atoms with E-state index in [4.69, 9.17) is 4.74 Å². The summed E-state index contributed by atoms with van der Waals surface area (Å²) in [5.41, 5.74) is 4.48. The highest BCUT2D eigenvalue weighted by molar-refractivity contribution is 9.10. The molecule has 0 aliphatic rings. The number of allylic oxidation sites excluding steroid dienone is 3. The van der Waals surface area contributed by atoms with Crippen LogP contribution >= 0.6 is 15.9 Å². The first-order valence-electron chi connectivity index (χ1n) is 5.88. The first kappa shape index (κ1) is 16.0. The van der Waals surface area contributed by atoms with Crippen molar-refractivity contribution in [3.63, 3.8) is 0 Å². The van der Waals surface area contributed by atoms with Crippen molar-refractivity contribution in [3.8, 4) is 5.75 Å². The van der Waals surface area contributed by atoms with Crippen molar-refractivity contribution in [3.05, 3.63) is 53.0 Å². The Labute approximate surface area is 125 Å². The summed E-state index contributed by atoms with van der Waals surface area (Å²) in [6.45, 7) is 1.65. The predicted octanol–water partition coefficient (Wildman–Crippen LogP) is 2.11. The van der Waals surface area contributed by atoms with Crippen LogP contribution < -0.4 is 15.6 Å². The van der Waals surface area contributed by atoms with E-state index in [2.05, 4.69) is 26.8 Å². The quantitative estimate of drug-likeness (QED) is 0.491. The van der Waals surface area contributed by atoms with Gasteiger partial charge in [0, 0.05) is 10.5 Å². The van der Waals surface area contributed by atoms with Crippen LogP contribution in [0.25, 0.3) is 0 Å². The zero-order chi connectivity index (χ0) is 14.8. The standard InChI is InChI=1S/C14H15BrN2O3/c1-2-3-4-8-13(18)16-17-14(19)10-20-12-7-5-6-11(15)9-12/h2-9H,10H2,1H3,(H,16,18)(H,17,19)/b3-2+,8-4+. The molecule has 2 amide bonds. The minimum Gasteiger partial charge on any atom is -0.484 e. The number of nitrogens with one attached hydrogen (secondary N) is 2. The number of hydrogen-bond donors (Lipinski definition) is 2. The summed E-state index contributed by atoms with van der Waals surface area (Å²) in [5, 5.41) is 0. The van der Waals surface area contributed by atoms with Gasteiger partial charge < -0.3 is 4.74 Å². The average Bonchev–Trinajstić information content (AvgIpc) is 2.43. The van der Waals surface area contributed by atoms with E-state index in [1.807, 2.05) is 13.0 Å². The van der Waals surface area contributed by atoms with Crippen LogP contribution in [0.2, 0.25) is 0 Å². The number of hydrogen-bond acceptors (Lipinski definition) is 3. The third-order valence-corrected chi connectivity index (χ3v) is 2.54. The van der Waals surface area contributed by atoms with Crippen LogP contribution in [0.1, 0.15) is 6.92 Å². The van der Waals surface area contributed by atoms with Gasteiger partial charge in [-0.3, -0.25) is 20.4 Å². The number of carbonyl (C=O) groups is 2. The Morgan fingerprint density at radius 3 is 2.80 bits per heavy atom. The maximum absolute atomic E-state index is 11.4. The fourth-order valence-electron chi connectivity index (χ4n) is 1.17. The van der Waals surface area contributed by atoms with Gasteiger partial charge in [-0.1, -0.05) is 40.2 Å². The van der Waals surface area contributed by atoms with Crippen molar-refractivity contribution in [2.24, 2.45) is 0 Å². The first-order chi connectivity index (χ1) is 9.61. The number of halogens is 1. The number of benzene rings is 1. The fourth-order valence-corrected chi connectivity index (χ4v) is 1.55. The van der Waals surface area contributed by atoms with Crippen LogP contribution in [0, 0.1) is 0 Å². The highest BCUT2D eigenvalue weighted by Crippen LogP contribution is 2.17. The molecular weight excluding hydrogens is 324 g/mol. The molecule has 0 fully saturated rings. The molecule has 1 aromatic rings. The van der Waals surface area contributed by atoms with Crippen molar-refractivity contribution in [2.45, 2.75) is 6.92 Å². The van der Waals surface area contributed by atoms with Crippen molar-refractivity contribution < 1.29 is 14.3 Å². The molecular formula is C14H15BrN2O3. The number of amides is 2. The summed E-state index contributed by atoms with van der Waals surface area (Å²) in [5.74, 6) is -0.300. The SMILES string of the molecule is C/C=C/C=C/C(=O)NNC(=O)COc1cccc(Br)c1. The van der Waals surface area contributed by atoms with Crippen LogP contribution in [0.4, 0.5) is 0 Å². The molecule has 0 saturated carbocycles. The van der Waals surface area contributed by atoms with E-state index < -0.39 is 11.8 Å². The fraction of sp³-hybridized carbons (Fsp3) is 0.143. The van der Waals surface area contributed by atoms with E-state index in [1.165, 1.54) is 6.08 Å². The highest BCUT2D eigenvalue weighted by atomic mass is 79.9. The van der Waals surface area contributed by atoms with Gasteiger partial charge in [-0.25, -0.2) is 0 Å². The van der Waals surface area contributed by atoms with Crippen molar-refractivity contribution in [2.75, 3.05) is 6.61 Å². The number of ether oxygens (including phenoxy) is 1. The molecule has 106 valence electrons. The normalized spacial score (nSPS) is 10.7. The lowest BCUT2D eigenvalue weighted by Gasteiger charge is -2.07. The van der Waals surface area contributed by atoms with Crippen molar-refractivity contribution in [1.29, 1.82) is 0 Å². The lowest BCUT2D eigenvalue weighted by atomic mass is 10.3. The van der Waals surface area contributed by atoms with Gasteiger partial charge in [0.2, 0.25) is 0 Å². The van der Waals surface area contributed by atoms with Gasteiger partial charge in [-0.05, 0) is 25.1 Å². The largest absolute Gasteiger partial charge is 0.484 e. The Hall–Kier alpha value is -2.08. The second kappa shape index (κ2) is 8.92. The van der Waals surface area contributed by atoms with E-state index in [9.17, 15) is 9.59 Å². The molecule has 0 bridgehead atoms. The molecule has 0 saturated heterocycles. The molecule has 0 aliphatic carbocycles. The average molecular weight is 339 g/mol. The van der Waals surface area contributed by atoms with Gasteiger partial charge in [0.25, 0.3) is 11.8 Å². The van der Waals surface area contributed by atoms with E-state index in [-0.39, 0.29) is 6.61 Å². The summed E-state index contributed by atoms with van der Waals surface area (Å²) in [4.78, 5) is 22.7. The van der Waals surface area contributed by atoms with Gasteiger partial charge in [0.05, 0.1) is 0 Å². The Morgan fingerprint density at radius 1 is 1.30 bits per heavy atom. The van der Waals surface area contributed by atoms with Crippen LogP contribution in [0.3, 0.4) is 0 Å². The summed E-state index contributed by atoms with van der Waals surface area (Å²) in [7, 11) is 0. The summed E-state index contributed by atoms with van der Waals surface area (Å²) in [6.07, 6.45) is 6.36. The molecule has 0 radical (unpaired) electrons. The number of rotatable bonds is 5. The topological polar surface area (TPSA) is 67.4 Å². The van der Waals surface area contributed by atoms with Crippen LogP contribution in [-0.2, 0) is 9.59 Å². The Morgan fingerprint density at radius 2 is 2.10 bits per heavy atom. The maximum Gasteiger partial charge on any atom is 0.276 e. The smallest absolute Gasteiger partial charge is 0.276 e. The van der Waals surface area contributed by atoms with E-state index in [0.717, 1.165) is 4.47 Å². The zero-order valence-corrected chi connectivity index (χ0v) is 12.5. The van der Waals surface area contributed by atoms with E-state index >= 15 is 0 Å². The molecule has 2 N–H and O–H groups in total. The first-order valence-corrected chi connectivity index (χ1v) is 6.67. The lowest BCUT2D eigenvalue weighted by Crippen LogP contribution is -2.43. The van der Waals surface area contributed by atoms with E-state index in [0.29, 0.717) is 5.75 Å². The number of hydrazine groups is 1. The molecule has 0 spiro atoms. The van der Waals surface area contributed by atoms with Crippen LogP contribution in [-0.4, -0.2) is 18.4 Å². The van der Waals surface area contributed by atoms with Crippen LogP contribution in [0.15, 0.2) is 53.0 Å². The van der Waals surface area contributed by atoms with Gasteiger partial charge in [0.15, 0.2) is 6.61 Å². The molecule has 0 heterocycles. The third kappa shape index (κ3) is 6.75. The summed E-state index contributed by atoms with van der Waals surface area (Å²) >= 11 is 3.30. The molecule has 0 atom stereocenters. The second-order valence-corrected chi connectivity index (χ2v) is 4.58. The monoisotopic (exact) mass is 338 g/mol. The Balaban J connectivity index is 2.28. The molecule has 0 aromatic heterocycles. The molecule has 1 rings (SSSR count). The van der Waals surface area contributed by atoms with Crippen LogP contribution in [0.5, 0.6) is 5.75 Å². The Bertz CT molecular complexity index is 527.